The van der Waals surface area contributed by atoms with Crippen molar-refractivity contribution in [2.75, 3.05) is 0 Å². The summed E-state index contributed by atoms with van der Waals surface area (Å²) in [5.41, 5.74) is 14.1. The van der Waals surface area contributed by atoms with E-state index < -0.39 is 0 Å². The summed E-state index contributed by atoms with van der Waals surface area (Å²) in [6.07, 6.45) is 0. The molecular weight excluding hydrogens is 655 g/mol. The zero-order valence-corrected chi connectivity index (χ0v) is 30.1. The monoisotopic (exact) mass is 689 g/mol. The first-order valence-electron chi connectivity index (χ1n) is 18.6. The molecule has 0 amide bonds. The molecule has 0 aliphatic heterocycles. The highest BCUT2D eigenvalue weighted by atomic mass is 15.0. The van der Waals surface area contributed by atoms with Crippen LogP contribution in [0.2, 0.25) is 0 Å². The molecule has 3 heterocycles. The van der Waals surface area contributed by atoms with Crippen molar-refractivity contribution in [2.45, 2.75) is 13.8 Å². The van der Waals surface area contributed by atoms with E-state index in [1.165, 1.54) is 87.4 Å². The van der Waals surface area contributed by atoms with Gasteiger partial charge in [-0.1, -0.05) is 115 Å². The van der Waals surface area contributed by atoms with Gasteiger partial charge in [0.1, 0.15) is 0 Å². The van der Waals surface area contributed by atoms with Crippen molar-refractivity contribution in [3.05, 3.63) is 187 Å². The van der Waals surface area contributed by atoms with Crippen molar-refractivity contribution in [1.82, 2.24) is 14.1 Å². The van der Waals surface area contributed by atoms with E-state index in [9.17, 15) is 0 Å². The van der Waals surface area contributed by atoms with Gasteiger partial charge in [-0.15, -0.1) is 0 Å². The molecule has 3 heteroatoms. The predicted octanol–water partition coefficient (Wildman–Crippen LogP) is 13.5. The quantitative estimate of drug-likeness (QED) is 0.169. The molecule has 0 atom stereocenters. The van der Waals surface area contributed by atoms with E-state index in [0.717, 1.165) is 22.8 Å². The smallest absolute Gasteiger partial charge is 0.0641 e. The minimum Gasteiger partial charge on any atom is -0.309 e. The first kappa shape index (κ1) is 30.6. The standard InChI is InChI=1S/C51H35N3/c1-32-29-35(30-33(2)52-32)49-41-22-11-9-20-39(41)48(40-21-10-12-23-42(40)49)34-25-27-46-44(31-34)50-47(53(46)36-15-5-3-6-16-36)28-26-43-38-19-13-14-24-45(38)54(51(43)50)37-17-7-4-8-18-37/h3-31H,1-2H3. The number of benzene rings is 8. The highest BCUT2D eigenvalue weighted by Gasteiger charge is 2.23. The summed E-state index contributed by atoms with van der Waals surface area (Å²) in [4.78, 5) is 4.72. The molecule has 3 nitrogen and oxygen atoms in total. The zero-order valence-electron chi connectivity index (χ0n) is 30.1. The molecule has 0 unspecified atom stereocenters. The average molecular weight is 690 g/mol. The Kier molecular flexibility index (Phi) is 6.68. The number of para-hydroxylation sites is 3. The van der Waals surface area contributed by atoms with E-state index in [2.05, 4.69) is 199 Å². The topological polar surface area (TPSA) is 22.8 Å². The molecule has 3 aromatic heterocycles. The van der Waals surface area contributed by atoms with Gasteiger partial charge < -0.3 is 9.13 Å². The first-order chi connectivity index (χ1) is 26.6. The normalized spacial score (nSPS) is 11.9. The van der Waals surface area contributed by atoms with Crippen LogP contribution in [0.4, 0.5) is 0 Å². The van der Waals surface area contributed by atoms with Gasteiger partial charge in [0.15, 0.2) is 0 Å². The van der Waals surface area contributed by atoms with E-state index in [4.69, 9.17) is 4.98 Å². The Bertz CT molecular complexity index is 3200. The third kappa shape index (κ3) is 4.45. The maximum atomic E-state index is 4.72. The van der Waals surface area contributed by atoms with E-state index in [1.807, 2.05) is 0 Å². The largest absolute Gasteiger partial charge is 0.309 e. The van der Waals surface area contributed by atoms with Gasteiger partial charge in [-0.2, -0.15) is 0 Å². The second-order valence-electron chi connectivity index (χ2n) is 14.4. The molecule has 0 saturated carbocycles. The molecule has 0 aliphatic carbocycles. The lowest BCUT2D eigenvalue weighted by molar-refractivity contribution is 1.13. The number of aryl methyl sites for hydroxylation is 2. The average Bonchev–Trinajstić information content (AvgIpc) is 3.72. The Balaban J connectivity index is 1.31. The van der Waals surface area contributed by atoms with Crippen LogP contribution in [-0.4, -0.2) is 14.1 Å². The van der Waals surface area contributed by atoms with Crippen molar-refractivity contribution in [3.63, 3.8) is 0 Å². The summed E-state index contributed by atoms with van der Waals surface area (Å²) in [6.45, 7) is 4.18. The maximum absolute atomic E-state index is 4.72. The van der Waals surface area contributed by atoms with Gasteiger partial charge in [0, 0.05) is 44.3 Å². The minimum absolute atomic E-state index is 1.03. The fourth-order valence-corrected chi connectivity index (χ4v) is 9.15. The van der Waals surface area contributed by atoms with Crippen molar-refractivity contribution < 1.29 is 0 Å². The minimum atomic E-state index is 1.03. The highest BCUT2D eigenvalue weighted by Crippen LogP contribution is 2.47. The summed E-state index contributed by atoms with van der Waals surface area (Å²) in [7, 11) is 0. The van der Waals surface area contributed by atoms with Crippen LogP contribution < -0.4 is 0 Å². The maximum Gasteiger partial charge on any atom is 0.0641 e. The lowest BCUT2D eigenvalue weighted by Gasteiger charge is -2.18. The highest BCUT2D eigenvalue weighted by molar-refractivity contribution is 6.27. The first-order valence-corrected chi connectivity index (χ1v) is 18.6. The van der Waals surface area contributed by atoms with Crippen molar-refractivity contribution in [1.29, 1.82) is 0 Å². The van der Waals surface area contributed by atoms with E-state index in [1.54, 1.807) is 0 Å². The van der Waals surface area contributed by atoms with Crippen LogP contribution in [0.5, 0.6) is 0 Å². The molecule has 54 heavy (non-hydrogen) atoms. The summed E-state index contributed by atoms with van der Waals surface area (Å²) in [6, 6.07) is 64.5. The van der Waals surface area contributed by atoms with Gasteiger partial charge in [-0.25, -0.2) is 0 Å². The van der Waals surface area contributed by atoms with Gasteiger partial charge in [0.2, 0.25) is 0 Å². The van der Waals surface area contributed by atoms with Crippen LogP contribution in [0.15, 0.2) is 176 Å². The third-order valence-corrected chi connectivity index (χ3v) is 11.2. The fraction of sp³-hybridized carbons (Fsp3) is 0.0392. The van der Waals surface area contributed by atoms with Crippen LogP contribution in [0.3, 0.4) is 0 Å². The molecule has 0 radical (unpaired) electrons. The Morgan fingerprint density at radius 3 is 1.44 bits per heavy atom. The second kappa shape index (κ2) is 11.8. The molecule has 0 saturated heterocycles. The van der Waals surface area contributed by atoms with Crippen LogP contribution in [0.1, 0.15) is 11.4 Å². The summed E-state index contributed by atoms with van der Waals surface area (Å²) >= 11 is 0. The number of hydrogen-bond acceptors (Lipinski definition) is 1. The van der Waals surface area contributed by atoms with Crippen LogP contribution in [-0.2, 0) is 0 Å². The van der Waals surface area contributed by atoms with Gasteiger partial charge in [0.25, 0.3) is 0 Å². The van der Waals surface area contributed by atoms with Crippen LogP contribution in [0, 0.1) is 13.8 Å². The number of hydrogen-bond donors (Lipinski definition) is 0. The van der Waals surface area contributed by atoms with Crippen molar-refractivity contribution >= 4 is 65.2 Å². The van der Waals surface area contributed by atoms with Gasteiger partial charge in [-0.05, 0) is 118 Å². The molecule has 0 N–H and O–H groups in total. The second-order valence-corrected chi connectivity index (χ2v) is 14.4. The van der Waals surface area contributed by atoms with E-state index in [0.29, 0.717) is 0 Å². The van der Waals surface area contributed by atoms with E-state index >= 15 is 0 Å². The molecule has 0 fully saturated rings. The Morgan fingerprint density at radius 1 is 0.352 bits per heavy atom. The Morgan fingerprint density at radius 2 is 0.833 bits per heavy atom. The number of fused-ring (bicyclic) bond motifs is 9. The van der Waals surface area contributed by atoms with Gasteiger partial charge >= 0.3 is 0 Å². The number of aromatic nitrogens is 3. The molecule has 11 aromatic rings. The fourth-order valence-electron chi connectivity index (χ4n) is 9.15. The third-order valence-electron chi connectivity index (χ3n) is 11.2. The zero-order chi connectivity index (χ0) is 35.9. The van der Waals surface area contributed by atoms with Crippen LogP contribution >= 0.6 is 0 Å². The predicted molar refractivity (Wildman–Crippen MR) is 228 cm³/mol. The molecule has 0 bridgehead atoms. The molecule has 0 spiro atoms. The number of nitrogens with zero attached hydrogens (tertiary/aromatic N) is 3. The van der Waals surface area contributed by atoms with Crippen molar-refractivity contribution in [2.24, 2.45) is 0 Å². The van der Waals surface area contributed by atoms with Gasteiger partial charge in [-0.3, -0.25) is 4.98 Å². The SMILES string of the molecule is Cc1cc(-c2c3ccccc3c(-c3ccc4c(c3)c3c(ccc5c6ccccc6n(-c6ccccc6)c53)n4-c3ccccc3)c3ccccc23)cc(C)n1. The summed E-state index contributed by atoms with van der Waals surface area (Å²) in [5, 5.41) is 9.97. The van der Waals surface area contributed by atoms with E-state index in [-0.39, 0.29) is 0 Å². The molecule has 254 valence electrons. The molecule has 11 rings (SSSR count). The van der Waals surface area contributed by atoms with Gasteiger partial charge in [0.05, 0.1) is 22.1 Å². The lowest BCUT2D eigenvalue weighted by atomic mass is 9.85. The van der Waals surface area contributed by atoms with Crippen LogP contribution in [0.25, 0.3) is 98.8 Å². The summed E-state index contributed by atoms with van der Waals surface area (Å²) < 4.78 is 4.90. The van der Waals surface area contributed by atoms with Crippen molar-refractivity contribution in [3.8, 4) is 33.6 Å². The lowest BCUT2D eigenvalue weighted by Crippen LogP contribution is -1.95. The number of rotatable bonds is 4. The Hall–Kier alpha value is -6.97. The molecule has 8 aromatic carbocycles. The molecule has 0 aliphatic rings. The number of pyridine rings is 1. The summed E-state index contributed by atoms with van der Waals surface area (Å²) in [5.74, 6) is 0. The molecular formula is C51H35N3. The Labute approximate surface area is 313 Å².